The number of likely N-dealkylation sites (tertiary alicyclic amines) is 1. The first-order valence-corrected chi connectivity index (χ1v) is 10.3. The van der Waals surface area contributed by atoms with Gasteiger partial charge < -0.3 is 10.3 Å². The molecule has 0 saturated carbocycles. The average molecular weight is 406 g/mol. The third kappa shape index (κ3) is 4.52. The molecule has 1 aromatic heterocycles. The number of para-hydroxylation sites is 1. The van der Waals surface area contributed by atoms with Crippen molar-refractivity contribution in [3.8, 4) is 0 Å². The number of anilines is 1. The lowest BCUT2D eigenvalue weighted by Crippen LogP contribution is -2.38. The van der Waals surface area contributed by atoms with E-state index in [0.29, 0.717) is 16.6 Å². The maximum Gasteiger partial charge on any atom is 0.329 e. The van der Waals surface area contributed by atoms with Gasteiger partial charge in [-0.15, -0.1) is 0 Å². The molecule has 30 heavy (non-hydrogen) atoms. The number of hydrogen-bond acceptors (Lipinski definition) is 4. The molecular weight excluding hydrogens is 380 g/mol. The molecule has 1 aliphatic rings. The summed E-state index contributed by atoms with van der Waals surface area (Å²) in [6.45, 7) is 5.09. The molecule has 0 bridgehead atoms. The SMILES string of the molecule is CC1CCCN(Cc2ccc(NC(=O)Cn3c(=O)[nH]c4ccccc4c3=O)cc2)C1. The Balaban J connectivity index is 1.41. The summed E-state index contributed by atoms with van der Waals surface area (Å²) in [6.07, 6.45) is 2.53. The number of piperidine rings is 1. The zero-order valence-corrected chi connectivity index (χ0v) is 17.1. The van der Waals surface area contributed by atoms with Gasteiger partial charge in [-0.3, -0.25) is 19.1 Å². The van der Waals surface area contributed by atoms with Crippen molar-refractivity contribution < 1.29 is 4.79 Å². The molecule has 1 atom stereocenters. The molecule has 1 aliphatic heterocycles. The molecule has 1 fully saturated rings. The number of H-pyrrole nitrogens is 1. The van der Waals surface area contributed by atoms with Gasteiger partial charge in [-0.05, 0) is 55.1 Å². The molecule has 7 heteroatoms. The minimum Gasteiger partial charge on any atom is -0.325 e. The number of aromatic nitrogens is 2. The minimum atomic E-state index is -0.597. The molecule has 2 aromatic carbocycles. The highest BCUT2D eigenvalue weighted by atomic mass is 16.2. The predicted octanol–water partition coefficient (Wildman–Crippen LogP) is 2.56. The van der Waals surface area contributed by atoms with Gasteiger partial charge in [0.05, 0.1) is 10.9 Å². The zero-order chi connectivity index (χ0) is 21.1. The monoisotopic (exact) mass is 406 g/mol. The Morgan fingerprint density at radius 3 is 2.67 bits per heavy atom. The van der Waals surface area contributed by atoms with Crippen LogP contribution in [0.2, 0.25) is 0 Å². The van der Waals surface area contributed by atoms with E-state index in [0.717, 1.165) is 30.1 Å². The Labute approximate surface area is 174 Å². The van der Waals surface area contributed by atoms with E-state index in [4.69, 9.17) is 0 Å². The number of hydrogen-bond donors (Lipinski definition) is 2. The average Bonchev–Trinajstić information content (AvgIpc) is 2.73. The molecule has 1 unspecified atom stereocenters. The van der Waals surface area contributed by atoms with Crippen molar-refractivity contribution >= 4 is 22.5 Å². The molecule has 0 radical (unpaired) electrons. The van der Waals surface area contributed by atoms with Crippen LogP contribution in [0.1, 0.15) is 25.3 Å². The standard InChI is InChI=1S/C23H26N4O3/c1-16-5-4-12-26(13-16)14-17-8-10-18(11-9-17)24-21(28)15-27-22(29)19-6-2-3-7-20(19)25-23(27)30/h2-3,6-11,16H,4-5,12-15H2,1H3,(H,24,28)(H,25,30). The molecule has 4 rings (SSSR count). The topological polar surface area (TPSA) is 87.2 Å². The highest BCUT2D eigenvalue weighted by molar-refractivity contribution is 5.90. The molecule has 0 spiro atoms. The summed E-state index contributed by atoms with van der Waals surface area (Å²) in [7, 11) is 0. The number of amides is 1. The summed E-state index contributed by atoms with van der Waals surface area (Å²) in [4.78, 5) is 42.3. The second kappa shape index (κ2) is 8.67. The molecule has 3 aromatic rings. The Kier molecular flexibility index (Phi) is 5.81. The number of carbonyl (C=O) groups is 1. The van der Waals surface area contributed by atoms with Gasteiger partial charge in [-0.2, -0.15) is 0 Å². The molecule has 1 saturated heterocycles. The second-order valence-corrected chi connectivity index (χ2v) is 8.09. The zero-order valence-electron chi connectivity index (χ0n) is 17.1. The lowest BCUT2D eigenvalue weighted by Gasteiger charge is -2.30. The lowest BCUT2D eigenvalue weighted by molar-refractivity contribution is -0.116. The molecule has 0 aliphatic carbocycles. The Morgan fingerprint density at radius 2 is 1.90 bits per heavy atom. The van der Waals surface area contributed by atoms with Crippen LogP contribution in [-0.4, -0.2) is 33.4 Å². The van der Waals surface area contributed by atoms with Gasteiger partial charge in [-0.1, -0.05) is 31.2 Å². The molecular formula is C23H26N4O3. The third-order valence-corrected chi connectivity index (χ3v) is 5.58. The number of rotatable bonds is 5. The lowest BCUT2D eigenvalue weighted by atomic mass is 10.00. The van der Waals surface area contributed by atoms with Crippen LogP contribution in [0, 0.1) is 5.92 Å². The van der Waals surface area contributed by atoms with E-state index in [2.05, 4.69) is 22.1 Å². The largest absolute Gasteiger partial charge is 0.329 e. The van der Waals surface area contributed by atoms with Crippen LogP contribution >= 0.6 is 0 Å². The van der Waals surface area contributed by atoms with E-state index < -0.39 is 17.2 Å². The van der Waals surface area contributed by atoms with E-state index in [1.54, 1.807) is 24.3 Å². The summed E-state index contributed by atoms with van der Waals surface area (Å²) in [5.41, 5.74) is 1.23. The Hall–Kier alpha value is -3.19. The fourth-order valence-electron chi connectivity index (χ4n) is 4.07. The quantitative estimate of drug-likeness (QED) is 0.682. The fourth-order valence-corrected chi connectivity index (χ4v) is 4.07. The van der Waals surface area contributed by atoms with E-state index in [1.165, 1.54) is 18.4 Å². The smallest absolute Gasteiger partial charge is 0.325 e. The first kappa shape index (κ1) is 20.1. The first-order chi connectivity index (χ1) is 14.5. The summed E-state index contributed by atoms with van der Waals surface area (Å²) in [5, 5.41) is 3.14. The summed E-state index contributed by atoms with van der Waals surface area (Å²) < 4.78 is 0.920. The van der Waals surface area contributed by atoms with Gasteiger partial charge in [0.25, 0.3) is 5.56 Å². The summed E-state index contributed by atoms with van der Waals surface area (Å²) in [5.74, 6) is 0.314. The van der Waals surface area contributed by atoms with Crippen LogP contribution < -0.4 is 16.6 Å². The Morgan fingerprint density at radius 1 is 1.13 bits per heavy atom. The Bertz CT molecular complexity index is 1160. The molecule has 7 nitrogen and oxygen atoms in total. The van der Waals surface area contributed by atoms with Crippen LogP contribution in [0.25, 0.3) is 10.9 Å². The van der Waals surface area contributed by atoms with E-state index in [9.17, 15) is 14.4 Å². The van der Waals surface area contributed by atoms with Gasteiger partial charge in [0.1, 0.15) is 6.54 Å². The second-order valence-electron chi connectivity index (χ2n) is 8.09. The van der Waals surface area contributed by atoms with Crippen molar-refractivity contribution in [2.24, 2.45) is 5.92 Å². The number of carbonyl (C=O) groups excluding carboxylic acids is 1. The molecule has 2 heterocycles. The van der Waals surface area contributed by atoms with Crippen molar-refractivity contribution in [3.63, 3.8) is 0 Å². The summed E-state index contributed by atoms with van der Waals surface area (Å²) in [6, 6.07) is 14.5. The van der Waals surface area contributed by atoms with E-state index in [-0.39, 0.29) is 6.54 Å². The van der Waals surface area contributed by atoms with Gasteiger partial charge in [-0.25, -0.2) is 4.79 Å². The van der Waals surface area contributed by atoms with Gasteiger partial charge in [0.15, 0.2) is 0 Å². The van der Waals surface area contributed by atoms with Gasteiger partial charge >= 0.3 is 5.69 Å². The van der Waals surface area contributed by atoms with E-state index >= 15 is 0 Å². The number of nitrogens with one attached hydrogen (secondary N) is 2. The highest BCUT2D eigenvalue weighted by Gasteiger charge is 2.16. The number of benzene rings is 2. The van der Waals surface area contributed by atoms with Crippen LogP contribution in [0.15, 0.2) is 58.1 Å². The van der Waals surface area contributed by atoms with Crippen LogP contribution in [-0.2, 0) is 17.9 Å². The maximum absolute atomic E-state index is 12.6. The minimum absolute atomic E-state index is 0.341. The first-order valence-electron chi connectivity index (χ1n) is 10.3. The van der Waals surface area contributed by atoms with Crippen molar-refractivity contribution in [1.29, 1.82) is 0 Å². The molecule has 1 amide bonds. The number of nitrogens with zero attached hydrogens (tertiary/aromatic N) is 2. The van der Waals surface area contributed by atoms with Crippen molar-refractivity contribution in [1.82, 2.24) is 14.5 Å². The number of fused-ring (bicyclic) bond motifs is 1. The fraction of sp³-hybridized carbons (Fsp3) is 0.348. The van der Waals surface area contributed by atoms with Crippen LogP contribution in [0.3, 0.4) is 0 Å². The van der Waals surface area contributed by atoms with Crippen LogP contribution in [0.4, 0.5) is 5.69 Å². The summed E-state index contributed by atoms with van der Waals surface area (Å²) >= 11 is 0. The molecule has 156 valence electrons. The normalized spacial score (nSPS) is 17.2. The molecule has 2 N–H and O–H groups in total. The van der Waals surface area contributed by atoms with Crippen molar-refractivity contribution in [2.75, 3.05) is 18.4 Å². The highest BCUT2D eigenvalue weighted by Crippen LogP contribution is 2.18. The third-order valence-electron chi connectivity index (χ3n) is 5.58. The van der Waals surface area contributed by atoms with Crippen molar-refractivity contribution in [3.05, 3.63) is 74.9 Å². The van der Waals surface area contributed by atoms with Crippen LogP contribution in [0.5, 0.6) is 0 Å². The van der Waals surface area contributed by atoms with E-state index in [1.807, 2.05) is 24.3 Å². The van der Waals surface area contributed by atoms with Gasteiger partial charge in [0, 0.05) is 18.8 Å². The van der Waals surface area contributed by atoms with Crippen molar-refractivity contribution in [2.45, 2.75) is 32.9 Å². The van der Waals surface area contributed by atoms with Gasteiger partial charge in [0.2, 0.25) is 5.91 Å². The maximum atomic E-state index is 12.6. The predicted molar refractivity (Wildman–Crippen MR) is 118 cm³/mol. The number of aromatic amines is 1.